The lowest BCUT2D eigenvalue weighted by atomic mass is 10.1. The van der Waals surface area contributed by atoms with E-state index < -0.39 is 0 Å². The predicted octanol–water partition coefficient (Wildman–Crippen LogP) is 3.79. The first-order chi connectivity index (χ1) is 11.4. The second-order valence-electron chi connectivity index (χ2n) is 5.63. The lowest BCUT2D eigenvalue weighted by Crippen LogP contribution is -2.17. The van der Waals surface area contributed by atoms with Crippen LogP contribution in [0.2, 0.25) is 0 Å². The lowest BCUT2D eigenvalue weighted by molar-refractivity contribution is -0.138. The highest BCUT2D eigenvalue weighted by atomic mass is 79.9. The third-order valence-electron chi connectivity index (χ3n) is 3.55. The van der Waals surface area contributed by atoms with Crippen LogP contribution in [0, 0.1) is 0 Å². The van der Waals surface area contributed by atoms with Crippen LogP contribution in [0.15, 0.2) is 40.6 Å². The smallest absolute Gasteiger partial charge is 0.333 e. The Balaban J connectivity index is 2.29. The zero-order valence-corrected chi connectivity index (χ0v) is 16.0. The summed E-state index contributed by atoms with van der Waals surface area (Å²) in [7, 11) is 3.92. The molecule has 5 nitrogen and oxygen atoms in total. The van der Waals surface area contributed by atoms with Crippen LogP contribution in [0.3, 0.4) is 0 Å². The Morgan fingerprint density at radius 1 is 1.46 bits per heavy atom. The number of rotatable bonds is 6. The zero-order chi connectivity index (χ0) is 17.7. The molecule has 0 atom stereocenters. The van der Waals surface area contributed by atoms with E-state index in [0.29, 0.717) is 12.2 Å². The number of carbonyl (C=O) groups excluding carboxylic acids is 1. The molecule has 0 aliphatic rings. The Morgan fingerprint density at radius 3 is 2.83 bits per heavy atom. The summed E-state index contributed by atoms with van der Waals surface area (Å²) in [5, 5.41) is 4.20. The maximum atomic E-state index is 11.9. The Labute approximate surface area is 151 Å². The van der Waals surface area contributed by atoms with E-state index in [2.05, 4.69) is 25.9 Å². The molecule has 0 radical (unpaired) electrons. The van der Waals surface area contributed by atoms with Gasteiger partial charge in [0, 0.05) is 48.1 Å². The summed E-state index contributed by atoms with van der Waals surface area (Å²) in [5.41, 5.74) is 3.69. The van der Waals surface area contributed by atoms with E-state index in [0.717, 1.165) is 27.8 Å². The molecule has 6 heteroatoms. The van der Waals surface area contributed by atoms with Crippen LogP contribution in [0.5, 0.6) is 0 Å². The topological polar surface area (TPSA) is 47.4 Å². The number of hydrogen-bond acceptors (Lipinski definition) is 4. The molecule has 0 saturated carbocycles. The number of benzene rings is 1. The molecule has 1 aromatic heterocycles. The normalized spacial score (nSPS) is 11.5. The standard InChI is InChI=1S/C18H22BrN3O2/c1-5-24-18(23)13(2)8-15-9-16(19)6-7-17(15)21(3)11-14-10-20-22(4)12-14/h6-10,12H,5,11H2,1-4H3. The number of esters is 1. The highest BCUT2D eigenvalue weighted by molar-refractivity contribution is 9.10. The van der Waals surface area contributed by atoms with Crippen molar-refractivity contribution in [3.05, 3.63) is 51.8 Å². The van der Waals surface area contributed by atoms with Crippen molar-refractivity contribution < 1.29 is 9.53 Å². The predicted molar refractivity (Wildman–Crippen MR) is 99.7 cm³/mol. The maximum Gasteiger partial charge on any atom is 0.333 e. The Hall–Kier alpha value is -2.08. The average Bonchev–Trinajstić information content (AvgIpc) is 2.92. The number of anilines is 1. The van der Waals surface area contributed by atoms with Gasteiger partial charge < -0.3 is 9.64 Å². The number of ether oxygens (including phenoxy) is 1. The van der Waals surface area contributed by atoms with E-state index in [4.69, 9.17) is 4.74 Å². The van der Waals surface area contributed by atoms with Crippen molar-refractivity contribution in [1.82, 2.24) is 9.78 Å². The van der Waals surface area contributed by atoms with Gasteiger partial charge in [-0.05, 0) is 43.7 Å². The molecule has 128 valence electrons. The quantitative estimate of drug-likeness (QED) is 0.555. The number of carbonyl (C=O) groups is 1. The fraction of sp³-hybridized carbons (Fsp3) is 0.333. The molecule has 0 N–H and O–H groups in total. The molecule has 2 aromatic rings. The summed E-state index contributed by atoms with van der Waals surface area (Å²) in [5.74, 6) is -0.293. The number of nitrogens with zero attached hydrogens (tertiary/aromatic N) is 3. The first kappa shape index (κ1) is 18.3. The minimum atomic E-state index is -0.293. The second kappa shape index (κ2) is 8.15. The molecule has 24 heavy (non-hydrogen) atoms. The van der Waals surface area contributed by atoms with Crippen LogP contribution in [-0.4, -0.2) is 29.4 Å². The molecular formula is C18H22BrN3O2. The first-order valence-electron chi connectivity index (χ1n) is 7.74. The molecule has 0 aliphatic heterocycles. The molecule has 0 saturated heterocycles. The van der Waals surface area contributed by atoms with Gasteiger partial charge in [0.05, 0.1) is 12.8 Å². The maximum absolute atomic E-state index is 11.9. The van der Waals surface area contributed by atoms with Crippen LogP contribution < -0.4 is 4.90 Å². The van der Waals surface area contributed by atoms with E-state index in [1.54, 1.807) is 18.5 Å². The molecular weight excluding hydrogens is 370 g/mol. The number of halogens is 1. The molecule has 1 heterocycles. The van der Waals surface area contributed by atoms with Gasteiger partial charge in [-0.2, -0.15) is 5.10 Å². The summed E-state index contributed by atoms with van der Waals surface area (Å²) in [6.07, 6.45) is 5.71. The molecule has 0 unspecified atom stereocenters. The van der Waals surface area contributed by atoms with E-state index >= 15 is 0 Å². The number of aryl methyl sites for hydroxylation is 1. The van der Waals surface area contributed by atoms with E-state index in [1.165, 1.54) is 0 Å². The Kier molecular flexibility index (Phi) is 6.20. The average molecular weight is 392 g/mol. The Bertz CT molecular complexity index is 752. The van der Waals surface area contributed by atoms with Gasteiger partial charge in [0.15, 0.2) is 0 Å². The van der Waals surface area contributed by atoms with Gasteiger partial charge in [-0.1, -0.05) is 15.9 Å². The SMILES string of the molecule is CCOC(=O)C(C)=Cc1cc(Br)ccc1N(C)Cc1cnn(C)c1. The molecule has 0 bridgehead atoms. The van der Waals surface area contributed by atoms with E-state index in [-0.39, 0.29) is 5.97 Å². The van der Waals surface area contributed by atoms with Crippen molar-refractivity contribution in [1.29, 1.82) is 0 Å². The van der Waals surface area contributed by atoms with Crippen molar-refractivity contribution in [3.63, 3.8) is 0 Å². The van der Waals surface area contributed by atoms with Crippen molar-refractivity contribution in [2.75, 3.05) is 18.6 Å². The fourth-order valence-electron chi connectivity index (χ4n) is 2.44. The van der Waals surface area contributed by atoms with Gasteiger partial charge in [-0.3, -0.25) is 4.68 Å². The largest absolute Gasteiger partial charge is 0.463 e. The second-order valence-corrected chi connectivity index (χ2v) is 6.54. The summed E-state index contributed by atoms with van der Waals surface area (Å²) in [4.78, 5) is 14.0. The van der Waals surface area contributed by atoms with Crippen molar-refractivity contribution in [3.8, 4) is 0 Å². The van der Waals surface area contributed by atoms with Crippen LogP contribution in [0.25, 0.3) is 6.08 Å². The van der Waals surface area contributed by atoms with Crippen LogP contribution in [0.1, 0.15) is 25.0 Å². The fourth-order valence-corrected chi connectivity index (χ4v) is 2.82. The molecule has 1 aromatic carbocycles. The van der Waals surface area contributed by atoms with Gasteiger partial charge in [0.1, 0.15) is 0 Å². The lowest BCUT2D eigenvalue weighted by Gasteiger charge is -2.21. The Morgan fingerprint density at radius 2 is 2.21 bits per heavy atom. The van der Waals surface area contributed by atoms with E-state index in [9.17, 15) is 4.79 Å². The van der Waals surface area contributed by atoms with Crippen LogP contribution >= 0.6 is 15.9 Å². The summed E-state index contributed by atoms with van der Waals surface area (Å²) in [6.45, 7) is 4.67. The molecule has 0 spiro atoms. The monoisotopic (exact) mass is 391 g/mol. The molecule has 0 aliphatic carbocycles. The molecule has 2 rings (SSSR count). The van der Waals surface area contributed by atoms with Gasteiger partial charge in [-0.25, -0.2) is 4.79 Å². The summed E-state index contributed by atoms with van der Waals surface area (Å²) < 4.78 is 7.81. The number of aromatic nitrogens is 2. The van der Waals surface area contributed by atoms with Crippen molar-refractivity contribution >= 4 is 33.7 Å². The highest BCUT2D eigenvalue weighted by Gasteiger charge is 2.11. The summed E-state index contributed by atoms with van der Waals surface area (Å²) in [6, 6.07) is 6.02. The first-order valence-corrected chi connectivity index (χ1v) is 8.53. The van der Waals surface area contributed by atoms with Gasteiger partial charge in [0.2, 0.25) is 0 Å². The van der Waals surface area contributed by atoms with Crippen LogP contribution in [-0.2, 0) is 23.1 Å². The zero-order valence-electron chi connectivity index (χ0n) is 14.4. The van der Waals surface area contributed by atoms with Gasteiger partial charge in [0.25, 0.3) is 0 Å². The van der Waals surface area contributed by atoms with Crippen molar-refractivity contribution in [2.24, 2.45) is 7.05 Å². The van der Waals surface area contributed by atoms with E-state index in [1.807, 2.05) is 50.8 Å². The van der Waals surface area contributed by atoms with Gasteiger partial charge in [-0.15, -0.1) is 0 Å². The third kappa shape index (κ3) is 4.71. The van der Waals surface area contributed by atoms with Crippen LogP contribution in [0.4, 0.5) is 5.69 Å². The molecule has 0 fully saturated rings. The summed E-state index contributed by atoms with van der Waals surface area (Å²) >= 11 is 3.50. The third-order valence-corrected chi connectivity index (χ3v) is 4.04. The van der Waals surface area contributed by atoms with Gasteiger partial charge >= 0.3 is 5.97 Å². The highest BCUT2D eigenvalue weighted by Crippen LogP contribution is 2.27. The molecule has 0 amide bonds. The number of hydrogen-bond donors (Lipinski definition) is 0. The minimum absolute atomic E-state index is 0.293. The van der Waals surface area contributed by atoms with Crippen molar-refractivity contribution in [2.45, 2.75) is 20.4 Å². The minimum Gasteiger partial charge on any atom is -0.463 e.